The standard InChI is InChI=1S/C22H24ClN3O3/c1-4-14(3)20-22(28)26(13-19(27)29-5-2)18-7-6-16(23)12-17(18)21(25-20)15-8-10-24-11-9-15/h6-12,14,20H,4-5,13H2,1-3H3/t14?,20-/m0/s1. The molecule has 0 saturated heterocycles. The van der Waals surface area contributed by atoms with Crippen LogP contribution in [0.4, 0.5) is 5.69 Å². The first kappa shape index (κ1) is 21.0. The molecule has 152 valence electrons. The Labute approximate surface area is 175 Å². The van der Waals surface area contributed by atoms with E-state index in [2.05, 4.69) is 4.98 Å². The molecular formula is C22H24ClN3O3. The maximum atomic E-state index is 13.5. The van der Waals surface area contributed by atoms with Crippen molar-refractivity contribution in [3.63, 3.8) is 0 Å². The Morgan fingerprint density at radius 1 is 1.24 bits per heavy atom. The van der Waals surface area contributed by atoms with Crippen LogP contribution in [0.15, 0.2) is 47.7 Å². The lowest BCUT2D eigenvalue weighted by molar-refractivity contribution is -0.142. The fourth-order valence-corrected chi connectivity index (χ4v) is 3.48. The van der Waals surface area contributed by atoms with Gasteiger partial charge in [0.25, 0.3) is 5.91 Å². The van der Waals surface area contributed by atoms with Crippen LogP contribution in [0.5, 0.6) is 0 Å². The van der Waals surface area contributed by atoms with E-state index < -0.39 is 12.0 Å². The largest absolute Gasteiger partial charge is 0.465 e. The molecule has 1 aliphatic rings. The number of carbonyl (C=O) groups is 2. The third kappa shape index (κ3) is 4.48. The number of anilines is 1. The van der Waals surface area contributed by atoms with E-state index in [-0.39, 0.29) is 25.0 Å². The first-order chi connectivity index (χ1) is 14.0. The smallest absolute Gasteiger partial charge is 0.326 e. The monoisotopic (exact) mass is 413 g/mol. The first-order valence-corrected chi connectivity index (χ1v) is 10.1. The summed E-state index contributed by atoms with van der Waals surface area (Å²) >= 11 is 6.29. The Kier molecular flexibility index (Phi) is 6.64. The van der Waals surface area contributed by atoms with Crippen LogP contribution in [-0.4, -0.2) is 41.8 Å². The molecule has 1 aromatic heterocycles. The van der Waals surface area contributed by atoms with E-state index >= 15 is 0 Å². The van der Waals surface area contributed by atoms with Crippen LogP contribution < -0.4 is 4.90 Å². The van der Waals surface area contributed by atoms with Gasteiger partial charge in [0.15, 0.2) is 0 Å². The van der Waals surface area contributed by atoms with Crippen molar-refractivity contribution < 1.29 is 14.3 Å². The van der Waals surface area contributed by atoms with Crippen LogP contribution in [0.1, 0.15) is 38.3 Å². The van der Waals surface area contributed by atoms with E-state index in [1.807, 2.05) is 26.0 Å². The van der Waals surface area contributed by atoms with E-state index in [9.17, 15) is 9.59 Å². The third-order valence-corrected chi connectivity index (χ3v) is 5.26. The summed E-state index contributed by atoms with van der Waals surface area (Å²) in [5.41, 5.74) is 2.79. The van der Waals surface area contributed by atoms with E-state index in [1.165, 1.54) is 4.90 Å². The summed E-state index contributed by atoms with van der Waals surface area (Å²) in [5, 5.41) is 0.524. The number of benzodiazepines with no additional fused rings is 1. The summed E-state index contributed by atoms with van der Waals surface area (Å²) in [7, 11) is 0. The second-order valence-electron chi connectivity index (χ2n) is 6.93. The molecule has 1 unspecified atom stereocenters. The number of hydrogen-bond donors (Lipinski definition) is 0. The topological polar surface area (TPSA) is 71.9 Å². The molecule has 0 saturated carbocycles. The molecule has 2 atom stereocenters. The zero-order valence-corrected chi connectivity index (χ0v) is 17.5. The number of amides is 1. The number of rotatable bonds is 6. The highest BCUT2D eigenvalue weighted by Gasteiger charge is 2.35. The van der Waals surface area contributed by atoms with Gasteiger partial charge >= 0.3 is 5.97 Å². The normalized spacial score (nSPS) is 17.2. The molecule has 0 bridgehead atoms. The molecule has 2 aromatic rings. The number of aliphatic imine (C=N–C) groups is 1. The van der Waals surface area contributed by atoms with Crippen molar-refractivity contribution in [2.24, 2.45) is 10.9 Å². The van der Waals surface area contributed by atoms with Crippen molar-refractivity contribution in [2.45, 2.75) is 33.2 Å². The number of aromatic nitrogens is 1. The quantitative estimate of drug-likeness (QED) is 0.673. The SMILES string of the molecule is CCOC(=O)CN1C(=O)[C@H](C(C)CC)N=C(c2ccncc2)c2cc(Cl)ccc21. The summed E-state index contributed by atoms with van der Waals surface area (Å²) in [6.45, 7) is 5.82. The fourth-order valence-electron chi connectivity index (χ4n) is 3.31. The van der Waals surface area contributed by atoms with Crippen molar-refractivity contribution in [2.75, 3.05) is 18.1 Å². The number of halogens is 1. The minimum Gasteiger partial charge on any atom is -0.465 e. The summed E-state index contributed by atoms with van der Waals surface area (Å²) in [6.07, 6.45) is 4.14. The van der Waals surface area contributed by atoms with E-state index in [0.717, 1.165) is 12.0 Å². The number of pyridine rings is 1. The highest BCUT2D eigenvalue weighted by molar-refractivity contribution is 6.32. The molecule has 1 aliphatic heterocycles. The van der Waals surface area contributed by atoms with Gasteiger partial charge in [0.2, 0.25) is 0 Å². The van der Waals surface area contributed by atoms with Crippen LogP contribution >= 0.6 is 11.6 Å². The van der Waals surface area contributed by atoms with Gasteiger partial charge in [0.1, 0.15) is 12.6 Å². The average molecular weight is 414 g/mol. The first-order valence-electron chi connectivity index (χ1n) is 9.71. The van der Waals surface area contributed by atoms with E-state index in [4.69, 9.17) is 21.3 Å². The molecule has 7 heteroatoms. The molecule has 0 spiro atoms. The second kappa shape index (κ2) is 9.18. The Balaban J connectivity index is 2.21. The highest BCUT2D eigenvalue weighted by atomic mass is 35.5. The lowest BCUT2D eigenvalue weighted by Crippen LogP contribution is -2.43. The summed E-state index contributed by atoms with van der Waals surface area (Å²) in [5.74, 6) is -0.689. The fraction of sp³-hybridized carbons (Fsp3) is 0.364. The zero-order valence-electron chi connectivity index (χ0n) is 16.8. The van der Waals surface area contributed by atoms with Gasteiger partial charge in [-0.05, 0) is 43.2 Å². The number of fused-ring (bicyclic) bond motifs is 1. The Bertz CT molecular complexity index is 930. The van der Waals surface area contributed by atoms with Gasteiger partial charge < -0.3 is 4.74 Å². The lowest BCUT2D eigenvalue weighted by Gasteiger charge is -2.26. The number of nitrogens with zero attached hydrogens (tertiary/aromatic N) is 3. The molecule has 0 aliphatic carbocycles. The number of hydrogen-bond acceptors (Lipinski definition) is 5. The van der Waals surface area contributed by atoms with Gasteiger partial charge in [-0.2, -0.15) is 0 Å². The predicted molar refractivity (Wildman–Crippen MR) is 114 cm³/mol. The molecule has 0 fully saturated rings. The molecular weight excluding hydrogens is 390 g/mol. The predicted octanol–water partition coefficient (Wildman–Crippen LogP) is 3.90. The maximum absolute atomic E-state index is 13.5. The van der Waals surface area contributed by atoms with Crippen LogP contribution in [0.25, 0.3) is 0 Å². The van der Waals surface area contributed by atoms with Crippen molar-refractivity contribution in [3.05, 3.63) is 58.9 Å². The number of carbonyl (C=O) groups excluding carboxylic acids is 2. The van der Waals surface area contributed by atoms with Gasteiger partial charge in [-0.1, -0.05) is 31.9 Å². The summed E-state index contributed by atoms with van der Waals surface area (Å²) in [6, 6.07) is 8.32. The van der Waals surface area contributed by atoms with Gasteiger partial charge in [0, 0.05) is 28.5 Å². The van der Waals surface area contributed by atoms with Gasteiger partial charge in [-0.15, -0.1) is 0 Å². The van der Waals surface area contributed by atoms with Crippen molar-refractivity contribution in [1.82, 2.24) is 4.98 Å². The van der Waals surface area contributed by atoms with Gasteiger partial charge in [-0.25, -0.2) is 0 Å². The molecule has 0 N–H and O–H groups in total. The minimum atomic E-state index is -0.622. The minimum absolute atomic E-state index is 0.00573. The number of benzene rings is 1. The van der Waals surface area contributed by atoms with Crippen molar-refractivity contribution >= 4 is 34.9 Å². The molecule has 3 rings (SSSR count). The van der Waals surface area contributed by atoms with Gasteiger partial charge in [-0.3, -0.25) is 24.5 Å². The van der Waals surface area contributed by atoms with Crippen molar-refractivity contribution in [1.29, 1.82) is 0 Å². The summed E-state index contributed by atoms with van der Waals surface area (Å²) < 4.78 is 5.10. The molecule has 29 heavy (non-hydrogen) atoms. The molecule has 2 heterocycles. The third-order valence-electron chi connectivity index (χ3n) is 5.02. The Morgan fingerprint density at radius 3 is 2.62 bits per heavy atom. The summed E-state index contributed by atoms with van der Waals surface area (Å²) in [4.78, 5) is 36.1. The van der Waals surface area contributed by atoms with E-state index in [0.29, 0.717) is 22.0 Å². The van der Waals surface area contributed by atoms with Crippen LogP contribution in [-0.2, 0) is 14.3 Å². The molecule has 1 aromatic carbocycles. The van der Waals surface area contributed by atoms with Gasteiger partial charge in [0.05, 0.1) is 18.0 Å². The van der Waals surface area contributed by atoms with Crippen molar-refractivity contribution in [3.8, 4) is 0 Å². The lowest BCUT2D eigenvalue weighted by atomic mass is 9.98. The average Bonchev–Trinajstić information content (AvgIpc) is 2.83. The second-order valence-corrected chi connectivity index (χ2v) is 7.37. The van der Waals surface area contributed by atoms with Crippen LogP contribution in [0, 0.1) is 5.92 Å². The molecule has 0 radical (unpaired) electrons. The van der Waals surface area contributed by atoms with Crippen LogP contribution in [0.3, 0.4) is 0 Å². The van der Waals surface area contributed by atoms with E-state index in [1.54, 1.807) is 37.5 Å². The zero-order chi connectivity index (χ0) is 21.0. The Hall–Kier alpha value is -2.73. The number of ether oxygens (including phenoxy) is 1. The number of esters is 1. The molecule has 1 amide bonds. The molecule has 6 nitrogen and oxygen atoms in total. The van der Waals surface area contributed by atoms with Crippen LogP contribution in [0.2, 0.25) is 5.02 Å². The highest BCUT2D eigenvalue weighted by Crippen LogP contribution is 2.32. The maximum Gasteiger partial charge on any atom is 0.326 e. The Morgan fingerprint density at radius 2 is 1.97 bits per heavy atom.